The fourth-order valence-electron chi connectivity index (χ4n) is 3.94. The third kappa shape index (κ3) is 7.97. The first kappa shape index (κ1) is 29.7. The molecule has 0 saturated carbocycles. The molecule has 3 unspecified atom stereocenters. The molecule has 0 bridgehead atoms. The van der Waals surface area contributed by atoms with Gasteiger partial charge in [0.15, 0.2) is 0 Å². The maximum Gasteiger partial charge on any atom is 0.408 e. The molecule has 8 nitrogen and oxygen atoms in total. The fourth-order valence-corrected chi connectivity index (χ4v) is 3.94. The minimum absolute atomic E-state index is 0.290. The van der Waals surface area contributed by atoms with Crippen molar-refractivity contribution in [3.05, 3.63) is 59.2 Å². The summed E-state index contributed by atoms with van der Waals surface area (Å²) in [5, 5.41) is 5.59. The Morgan fingerprint density at radius 1 is 1.00 bits per heavy atom. The molecular weight excluding hydrogens is 470 g/mol. The van der Waals surface area contributed by atoms with Crippen molar-refractivity contribution in [3.8, 4) is 5.75 Å². The van der Waals surface area contributed by atoms with Gasteiger partial charge in [-0.25, -0.2) is 4.79 Å². The van der Waals surface area contributed by atoms with Gasteiger partial charge in [-0.1, -0.05) is 25.1 Å². The first-order valence-electron chi connectivity index (χ1n) is 12.6. The second-order valence-electron chi connectivity index (χ2n) is 10.3. The molecule has 0 aliphatic heterocycles. The van der Waals surface area contributed by atoms with Crippen LogP contribution in [0.3, 0.4) is 0 Å². The molecular formula is C29H41N3O5. The van der Waals surface area contributed by atoms with Gasteiger partial charge in [0.25, 0.3) is 5.91 Å². The van der Waals surface area contributed by atoms with E-state index in [0.29, 0.717) is 17.9 Å². The van der Waals surface area contributed by atoms with Gasteiger partial charge in [-0.05, 0) is 95.8 Å². The van der Waals surface area contributed by atoms with Crippen LogP contribution in [0, 0.1) is 13.8 Å². The van der Waals surface area contributed by atoms with Crippen molar-refractivity contribution in [2.24, 2.45) is 0 Å². The number of nitrogens with zero attached hydrogens (tertiary/aromatic N) is 1. The van der Waals surface area contributed by atoms with Gasteiger partial charge in [0.2, 0.25) is 5.91 Å². The lowest BCUT2D eigenvalue weighted by Crippen LogP contribution is -2.54. The van der Waals surface area contributed by atoms with E-state index in [2.05, 4.69) is 10.6 Å². The van der Waals surface area contributed by atoms with E-state index in [1.807, 2.05) is 45.9 Å². The number of ether oxygens (including phenoxy) is 2. The standard InChI is InChI=1S/C29H41N3O5/c1-10-19(3)32(27(34)21(5)30-28(35)37-29(6,7)8)25(24-13-11-12-18(2)20(24)4)26(33)31-22-14-16-23(36-9)17-15-22/h11-17,19,21,25H,10H2,1-9H3,(H,30,35)(H,31,33). The van der Waals surface area contributed by atoms with Crippen LogP contribution in [0.4, 0.5) is 10.5 Å². The minimum Gasteiger partial charge on any atom is -0.497 e. The van der Waals surface area contributed by atoms with Gasteiger partial charge in [0, 0.05) is 11.7 Å². The third-order valence-corrected chi connectivity index (χ3v) is 6.25. The Balaban J connectivity index is 2.50. The molecule has 0 radical (unpaired) electrons. The van der Waals surface area contributed by atoms with Crippen LogP contribution in [0.2, 0.25) is 0 Å². The van der Waals surface area contributed by atoms with E-state index in [9.17, 15) is 14.4 Å². The summed E-state index contributed by atoms with van der Waals surface area (Å²) in [7, 11) is 1.58. The van der Waals surface area contributed by atoms with E-state index in [1.165, 1.54) is 0 Å². The van der Waals surface area contributed by atoms with Crippen LogP contribution in [-0.4, -0.2) is 47.6 Å². The molecule has 0 spiro atoms. The number of nitrogens with one attached hydrogen (secondary N) is 2. The second-order valence-corrected chi connectivity index (χ2v) is 10.3. The highest BCUT2D eigenvalue weighted by Crippen LogP contribution is 2.31. The average molecular weight is 512 g/mol. The Hall–Kier alpha value is -3.55. The summed E-state index contributed by atoms with van der Waals surface area (Å²) in [5.41, 5.74) is 2.53. The molecule has 3 amide bonds. The SMILES string of the molecule is CCC(C)N(C(=O)C(C)NC(=O)OC(C)(C)C)C(C(=O)Nc1ccc(OC)cc1)c1cccc(C)c1C. The van der Waals surface area contributed by atoms with Crippen molar-refractivity contribution in [1.82, 2.24) is 10.2 Å². The van der Waals surface area contributed by atoms with E-state index in [0.717, 1.165) is 16.7 Å². The zero-order chi connectivity index (χ0) is 27.9. The lowest BCUT2D eigenvalue weighted by atomic mass is 9.93. The number of amides is 3. The van der Waals surface area contributed by atoms with E-state index in [4.69, 9.17) is 9.47 Å². The molecule has 2 rings (SSSR count). The quantitative estimate of drug-likeness (QED) is 0.461. The molecule has 3 atom stereocenters. The molecule has 202 valence electrons. The highest BCUT2D eigenvalue weighted by Gasteiger charge is 2.38. The number of hydrogen-bond donors (Lipinski definition) is 2. The first-order valence-corrected chi connectivity index (χ1v) is 12.6. The van der Waals surface area contributed by atoms with Crippen molar-refractivity contribution >= 4 is 23.6 Å². The van der Waals surface area contributed by atoms with Gasteiger partial charge >= 0.3 is 6.09 Å². The largest absolute Gasteiger partial charge is 0.497 e. The smallest absolute Gasteiger partial charge is 0.408 e. The van der Waals surface area contributed by atoms with E-state index in [-0.39, 0.29) is 17.9 Å². The predicted molar refractivity (Wildman–Crippen MR) is 146 cm³/mol. The monoisotopic (exact) mass is 511 g/mol. The van der Waals surface area contributed by atoms with E-state index in [1.54, 1.807) is 64.0 Å². The molecule has 0 aliphatic carbocycles. The van der Waals surface area contributed by atoms with Crippen LogP contribution in [-0.2, 0) is 14.3 Å². The zero-order valence-electron chi connectivity index (χ0n) is 23.5. The summed E-state index contributed by atoms with van der Waals surface area (Å²) in [6.07, 6.45) is -0.0781. The molecule has 0 aromatic heterocycles. The fraction of sp³-hybridized carbons (Fsp3) is 0.483. The first-order chi connectivity index (χ1) is 17.3. The number of aryl methyl sites for hydroxylation is 1. The highest BCUT2D eigenvalue weighted by molar-refractivity contribution is 5.99. The van der Waals surface area contributed by atoms with Gasteiger partial charge in [0.05, 0.1) is 7.11 Å². The summed E-state index contributed by atoms with van der Waals surface area (Å²) >= 11 is 0. The van der Waals surface area contributed by atoms with Gasteiger partial charge < -0.3 is 25.0 Å². The maximum atomic E-state index is 13.9. The second kappa shape index (κ2) is 12.6. The maximum absolute atomic E-state index is 13.9. The Labute approximate surface area is 220 Å². The van der Waals surface area contributed by atoms with Crippen molar-refractivity contribution in [2.45, 2.75) is 85.5 Å². The van der Waals surface area contributed by atoms with Gasteiger partial charge in [-0.15, -0.1) is 0 Å². The average Bonchev–Trinajstić information content (AvgIpc) is 2.82. The van der Waals surface area contributed by atoms with Crippen LogP contribution >= 0.6 is 0 Å². The zero-order valence-corrected chi connectivity index (χ0v) is 23.5. The molecule has 2 aromatic carbocycles. The summed E-state index contributed by atoms with van der Waals surface area (Å²) in [6, 6.07) is 10.6. The van der Waals surface area contributed by atoms with Gasteiger partial charge in [-0.3, -0.25) is 9.59 Å². The summed E-state index contributed by atoms with van der Waals surface area (Å²) in [6.45, 7) is 14.6. The lowest BCUT2D eigenvalue weighted by Gasteiger charge is -2.38. The van der Waals surface area contributed by atoms with Crippen molar-refractivity contribution in [2.75, 3.05) is 12.4 Å². The Morgan fingerprint density at radius 3 is 2.16 bits per heavy atom. The topological polar surface area (TPSA) is 97.0 Å². The van der Waals surface area contributed by atoms with Crippen molar-refractivity contribution in [3.63, 3.8) is 0 Å². The van der Waals surface area contributed by atoms with Crippen LogP contribution in [0.5, 0.6) is 5.75 Å². The molecule has 37 heavy (non-hydrogen) atoms. The number of benzene rings is 2. The van der Waals surface area contributed by atoms with Crippen LogP contribution in [0.25, 0.3) is 0 Å². The molecule has 0 saturated heterocycles. The van der Waals surface area contributed by atoms with Gasteiger partial charge in [0.1, 0.15) is 23.4 Å². The molecule has 0 heterocycles. The molecule has 2 N–H and O–H groups in total. The number of rotatable bonds is 9. The molecule has 8 heteroatoms. The summed E-state index contributed by atoms with van der Waals surface area (Å²) < 4.78 is 10.6. The number of hydrogen-bond acceptors (Lipinski definition) is 5. The number of carbonyl (C=O) groups excluding carboxylic acids is 3. The Bertz CT molecular complexity index is 1090. The molecule has 0 aliphatic rings. The van der Waals surface area contributed by atoms with E-state index >= 15 is 0 Å². The van der Waals surface area contributed by atoms with Crippen LogP contribution in [0.1, 0.15) is 70.7 Å². The predicted octanol–water partition coefficient (Wildman–Crippen LogP) is 5.53. The minimum atomic E-state index is -0.924. The number of carbonyl (C=O) groups is 3. The Morgan fingerprint density at radius 2 is 1.62 bits per heavy atom. The lowest BCUT2D eigenvalue weighted by molar-refractivity contribution is -0.143. The van der Waals surface area contributed by atoms with Crippen LogP contribution < -0.4 is 15.4 Å². The van der Waals surface area contributed by atoms with Gasteiger partial charge in [-0.2, -0.15) is 0 Å². The highest BCUT2D eigenvalue weighted by atomic mass is 16.6. The number of methoxy groups -OCH3 is 1. The molecule has 2 aromatic rings. The third-order valence-electron chi connectivity index (χ3n) is 6.25. The number of alkyl carbamates (subject to hydrolysis) is 1. The van der Waals surface area contributed by atoms with E-state index < -0.39 is 23.8 Å². The number of anilines is 1. The van der Waals surface area contributed by atoms with Crippen LogP contribution in [0.15, 0.2) is 42.5 Å². The summed E-state index contributed by atoms with van der Waals surface area (Å²) in [5.74, 6) is -0.0597. The molecule has 0 fully saturated rings. The van der Waals surface area contributed by atoms with Crippen molar-refractivity contribution < 1.29 is 23.9 Å². The summed E-state index contributed by atoms with van der Waals surface area (Å²) in [4.78, 5) is 41.7. The van der Waals surface area contributed by atoms with Crippen molar-refractivity contribution in [1.29, 1.82) is 0 Å². The Kier molecular flexibility index (Phi) is 10.1. The normalized spacial score (nSPS) is 13.6.